The van der Waals surface area contributed by atoms with Gasteiger partial charge < -0.3 is 10.6 Å². The van der Waals surface area contributed by atoms with E-state index < -0.39 is 11.8 Å². The van der Waals surface area contributed by atoms with E-state index in [-0.39, 0.29) is 31.2 Å². The standard InChI is InChI=1S/C20H12Cl4N2O2/c21-13-3-1-4-14(22)17(13)19(27)25-11-7-9-12(10-8-11)26-20(28)18-15(23)5-2-6-16(18)24/h1-10H,(H,25,27)(H,26,28). The molecule has 3 aromatic rings. The van der Waals surface area contributed by atoms with Crippen molar-refractivity contribution in [2.75, 3.05) is 10.6 Å². The zero-order chi connectivity index (χ0) is 20.3. The van der Waals surface area contributed by atoms with Gasteiger partial charge in [-0.15, -0.1) is 0 Å². The molecular weight excluding hydrogens is 442 g/mol. The molecule has 3 rings (SSSR count). The molecule has 4 nitrogen and oxygen atoms in total. The predicted octanol–water partition coefficient (Wildman–Crippen LogP) is 6.80. The third-order valence-corrected chi connectivity index (χ3v) is 5.04. The van der Waals surface area contributed by atoms with Crippen LogP contribution in [0.15, 0.2) is 60.7 Å². The molecule has 0 aliphatic carbocycles. The first-order chi connectivity index (χ1) is 13.4. The summed E-state index contributed by atoms with van der Waals surface area (Å²) in [5.41, 5.74) is 1.40. The number of carbonyl (C=O) groups is 2. The first-order valence-electron chi connectivity index (χ1n) is 7.97. The lowest BCUT2D eigenvalue weighted by molar-refractivity contribution is 0.101. The highest BCUT2D eigenvalue weighted by atomic mass is 35.5. The molecule has 0 aliphatic heterocycles. The smallest absolute Gasteiger partial charge is 0.258 e. The second kappa shape index (κ2) is 8.84. The zero-order valence-electron chi connectivity index (χ0n) is 14.1. The van der Waals surface area contributed by atoms with E-state index in [1.54, 1.807) is 60.7 Å². The van der Waals surface area contributed by atoms with Gasteiger partial charge in [-0.1, -0.05) is 58.5 Å². The number of halogens is 4. The van der Waals surface area contributed by atoms with Crippen LogP contribution in [0.25, 0.3) is 0 Å². The molecule has 0 saturated carbocycles. The van der Waals surface area contributed by atoms with Gasteiger partial charge in [0.1, 0.15) is 0 Å². The Morgan fingerprint density at radius 1 is 0.536 bits per heavy atom. The topological polar surface area (TPSA) is 58.2 Å². The van der Waals surface area contributed by atoms with Crippen molar-refractivity contribution in [1.29, 1.82) is 0 Å². The Labute approximate surface area is 181 Å². The number of benzene rings is 3. The van der Waals surface area contributed by atoms with E-state index in [9.17, 15) is 9.59 Å². The quantitative estimate of drug-likeness (QED) is 0.456. The third-order valence-electron chi connectivity index (χ3n) is 3.78. The highest BCUT2D eigenvalue weighted by Gasteiger charge is 2.16. The summed E-state index contributed by atoms with van der Waals surface area (Å²) in [6.07, 6.45) is 0. The summed E-state index contributed by atoms with van der Waals surface area (Å²) in [5.74, 6) is -0.870. The number of rotatable bonds is 4. The highest BCUT2D eigenvalue weighted by Crippen LogP contribution is 2.27. The molecule has 0 spiro atoms. The van der Waals surface area contributed by atoms with Gasteiger partial charge in [0.2, 0.25) is 0 Å². The van der Waals surface area contributed by atoms with Crippen molar-refractivity contribution in [3.8, 4) is 0 Å². The molecule has 3 aromatic carbocycles. The maximum absolute atomic E-state index is 12.4. The normalized spacial score (nSPS) is 10.4. The Morgan fingerprint density at radius 2 is 0.821 bits per heavy atom. The Hall–Kier alpha value is -2.24. The molecule has 0 aliphatic rings. The maximum Gasteiger partial charge on any atom is 0.258 e. The molecule has 8 heteroatoms. The van der Waals surface area contributed by atoms with Gasteiger partial charge in [-0.25, -0.2) is 0 Å². The van der Waals surface area contributed by atoms with Crippen LogP contribution in [0.1, 0.15) is 20.7 Å². The molecule has 0 atom stereocenters. The van der Waals surface area contributed by atoms with Crippen molar-refractivity contribution in [1.82, 2.24) is 0 Å². The van der Waals surface area contributed by atoms with Crippen LogP contribution in [0.3, 0.4) is 0 Å². The number of hydrogen-bond donors (Lipinski definition) is 2. The Balaban J connectivity index is 1.72. The fourth-order valence-corrected chi connectivity index (χ4v) is 3.59. The summed E-state index contributed by atoms with van der Waals surface area (Å²) in [5, 5.41) is 6.44. The number of amides is 2. The van der Waals surface area contributed by atoms with E-state index in [2.05, 4.69) is 10.6 Å². The van der Waals surface area contributed by atoms with E-state index in [4.69, 9.17) is 46.4 Å². The van der Waals surface area contributed by atoms with Crippen molar-refractivity contribution < 1.29 is 9.59 Å². The van der Waals surface area contributed by atoms with Crippen LogP contribution < -0.4 is 10.6 Å². The zero-order valence-corrected chi connectivity index (χ0v) is 17.1. The minimum absolute atomic E-state index is 0.191. The third kappa shape index (κ3) is 4.59. The van der Waals surface area contributed by atoms with Gasteiger partial charge in [-0.3, -0.25) is 9.59 Å². The molecule has 0 radical (unpaired) electrons. The molecule has 2 amide bonds. The van der Waals surface area contributed by atoms with Crippen LogP contribution in [-0.2, 0) is 0 Å². The van der Waals surface area contributed by atoms with Crippen molar-refractivity contribution >= 4 is 69.6 Å². The summed E-state index contributed by atoms with van der Waals surface area (Å²) >= 11 is 24.2. The Bertz CT molecular complexity index is 928. The molecule has 0 saturated heterocycles. The summed E-state index contributed by atoms with van der Waals surface area (Å²) < 4.78 is 0. The van der Waals surface area contributed by atoms with E-state index in [1.165, 1.54) is 0 Å². The molecule has 0 fully saturated rings. The molecule has 2 N–H and O–H groups in total. The summed E-state index contributed by atoms with van der Waals surface area (Å²) in [7, 11) is 0. The average molecular weight is 454 g/mol. The number of carbonyl (C=O) groups excluding carboxylic acids is 2. The first-order valence-corrected chi connectivity index (χ1v) is 9.49. The van der Waals surface area contributed by atoms with Crippen molar-refractivity contribution in [2.24, 2.45) is 0 Å². The maximum atomic E-state index is 12.4. The predicted molar refractivity (Wildman–Crippen MR) is 115 cm³/mol. The highest BCUT2D eigenvalue weighted by molar-refractivity contribution is 6.41. The van der Waals surface area contributed by atoms with Gasteiger partial charge in [-0.05, 0) is 48.5 Å². The number of nitrogens with one attached hydrogen (secondary N) is 2. The molecule has 0 bridgehead atoms. The van der Waals surface area contributed by atoms with Gasteiger partial charge >= 0.3 is 0 Å². The van der Waals surface area contributed by atoms with Gasteiger partial charge in [-0.2, -0.15) is 0 Å². The van der Waals surface area contributed by atoms with Crippen molar-refractivity contribution in [2.45, 2.75) is 0 Å². The fourth-order valence-electron chi connectivity index (χ4n) is 2.45. The molecule has 0 heterocycles. The van der Waals surface area contributed by atoms with Crippen molar-refractivity contribution in [3.63, 3.8) is 0 Å². The first kappa shape index (κ1) is 20.5. The second-order valence-electron chi connectivity index (χ2n) is 5.68. The summed E-state index contributed by atoms with van der Waals surface area (Å²) in [6.45, 7) is 0. The van der Waals surface area contributed by atoms with E-state index in [0.29, 0.717) is 11.4 Å². The van der Waals surface area contributed by atoms with Crippen LogP contribution in [0.5, 0.6) is 0 Å². The van der Waals surface area contributed by atoms with Gasteiger partial charge in [0.25, 0.3) is 11.8 Å². The van der Waals surface area contributed by atoms with E-state index >= 15 is 0 Å². The lowest BCUT2D eigenvalue weighted by Gasteiger charge is -2.11. The largest absolute Gasteiger partial charge is 0.322 e. The van der Waals surface area contributed by atoms with Gasteiger partial charge in [0, 0.05) is 11.4 Å². The lowest BCUT2D eigenvalue weighted by atomic mass is 10.2. The Kier molecular flexibility index (Phi) is 6.47. The van der Waals surface area contributed by atoms with Crippen LogP contribution in [-0.4, -0.2) is 11.8 Å². The monoisotopic (exact) mass is 452 g/mol. The molecule has 28 heavy (non-hydrogen) atoms. The molecular formula is C20H12Cl4N2O2. The van der Waals surface area contributed by atoms with Crippen LogP contribution in [0.2, 0.25) is 20.1 Å². The minimum Gasteiger partial charge on any atom is -0.322 e. The molecule has 0 unspecified atom stereocenters. The molecule has 142 valence electrons. The second-order valence-corrected chi connectivity index (χ2v) is 7.31. The Morgan fingerprint density at radius 3 is 1.11 bits per heavy atom. The van der Waals surface area contributed by atoms with Gasteiger partial charge in [0.15, 0.2) is 0 Å². The number of hydrogen-bond acceptors (Lipinski definition) is 2. The van der Waals surface area contributed by atoms with Gasteiger partial charge in [0.05, 0.1) is 31.2 Å². The van der Waals surface area contributed by atoms with Crippen LogP contribution in [0.4, 0.5) is 11.4 Å². The summed E-state index contributed by atoms with van der Waals surface area (Å²) in [4.78, 5) is 24.8. The number of anilines is 2. The average Bonchev–Trinajstić information content (AvgIpc) is 2.63. The van der Waals surface area contributed by atoms with Crippen LogP contribution >= 0.6 is 46.4 Å². The van der Waals surface area contributed by atoms with Crippen molar-refractivity contribution in [3.05, 3.63) is 91.9 Å². The minimum atomic E-state index is -0.435. The van der Waals surface area contributed by atoms with E-state index in [1.807, 2.05) is 0 Å². The summed E-state index contributed by atoms with van der Waals surface area (Å²) in [6, 6.07) is 16.2. The fraction of sp³-hybridized carbons (Fsp3) is 0. The SMILES string of the molecule is O=C(Nc1ccc(NC(=O)c2c(Cl)cccc2Cl)cc1)c1c(Cl)cccc1Cl. The van der Waals surface area contributed by atoms with Crippen LogP contribution in [0, 0.1) is 0 Å². The molecule has 0 aromatic heterocycles. The lowest BCUT2D eigenvalue weighted by Crippen LogP contribution is -2.14. The van der Waals surface area contributed by atoms with E-state index in [0.717, 1.165) is 0 Å².